The van der Waals surface area contributed by atoms with Gasteiger partial charge in [-0.15, -0.1) is 0 Å². The van der Waals surface area contributed by atoms with E-state index in [1.165, 1.54) is 11.8 Å². The van der Waals surface area contributed by atoms with Gasteiger partial charge in [0.1, 0.15) is 18.1 Å². The molecule has 0 saturated carbocycles. The van der Waals surface area contributed by atoms with E-state index in [9.17, 15) is 9.59 Å². The molecule has 3 fully saturated rings. The van der Waals surface area contributed by atoms with Crippen LogP contribution in [0.3, 0.4) is 0 Å². The van der Waals surface area contributed by atoms with Crippen molar-refractivity contribution < 1.29 is 18.7 Å². The third-order valence-corrected chi connectivity index (χ3v) is 11.8. The molecular weight excluding hydrogens is 710 g/mol. The van der Waals surface area contributed by atoms with E-state index in [-0.39, 0.29) is 24.1 Å². The number of carbonyl (C=O) groups excluding carboxylic acids is 2. The van der Waals surface area contributed by atoms with Crippen LogP contribution in [-0.2, 0) is 9.59 Å². The van der Waals surface area contributed by atoms with Crippen LogP contribution in [0.1, 0.15) is 42.7 Å². The predicted octanol–water partition coefficient (Wildman–Crippen LogP) is 6.25. The van der Waals surface area contributed by atoms with Crippen LogP contribution >= 0.6 is 0 Å². The molecule has 12 nitrogen and oxygen atoms in total. The van der Waals surface area contributed by atoms with Crippen molar-refractivity contribution in [3.63, 3.8) is 0 Å². The summed E-state index contributed by atoms with van der Waals surface area (Å²) in [4.78, 5) is 44.9. The average molecular weight is 756 g/mol. The summed E-state index contributed by atoms with van der Waals surface area (Å²) in [6, 6.07) is 19.8. The fourth-order valence-corrected chi connectivity index (χ4v) is 8.57. The van der Waals surface area contributed by atoms with E-state index < -0.39 is 5.92 Å². The molecule has 2 amide bonds. The Morgan fingerprint density at radius 2 is 1.71 bits per heavy atom. The quantitative estimate of drug-likeness (QED) is 0.156. The number of piperazine rings is 1. The van der Waals surface area contributed by atoms with Gasteiger partial charge in [0.25, 0.3) is 0 Å². The Labute approximate surface area is 325 Å². The Morgan fingerprint density at radius 1 is 0.893 bits per heavy atom. The van der Waals surface area contributed by atoms with Crippen LogP contribution in [0, 0.1) is 18.7 Å². The van der Waals surface area contributed by atoms with Crippen molar-refractivity contribution in [3.8, 4) is 17.0 Å². The first-order valence-electron chi connectivity index (χ1n) is 19.7. The van der Waals surface area contributed by atoms with Crippen molar-refractivity contribution in [1.29, 1.82) is 0 Å². The van der Waals surface area contributed by atoms with Gasteiger partial charge in [-0.2, -0.15) is 0 Å². The monoisotopic (exact) mass is 755 g/mol. The van der Waals surface area contributed by atoms with Crippen molar-refractivity contribution in [2.75, 3.05) is 79.4 Å². The van der Waals surface area contributed by atoms with Crippen molar-refractivity contribution >= 4 is 51.4 Å². The molecule has 5 aromatic rings. The molecule has 6 heterocycles. The maximum absolute atomic E-state index is 15.2. The topological polar surface area (TPSA) is 128 Å². The minimum atomic E-state index is -0.480. The number of rotatable bonds is 8. The first kappa shape index (κ1) is 35.9. The zero-order valence-corrected chi connectivity index (χ0v) is 31.6. The highest BCUT2D eigenvalue weighted by Crippen LogP contribution is 2.36. The SMILES string of the molecule is Cc1c(-c2ccc3cnc(Nc4ccc(N5CCC(CN6CCN(c7ccc(C8CCC(=O)NC8=O)cc7F)CC6)CC5)cc4)nc3c2)cnc2c1NCCO2. The number of halogens is 1. The van der Waals surface area contributed by atoms with E-state index >= 15 is 4.39 Å². The minimum Gasteiger partial charge on any atom is -0.474 e. The van der Waals surface area contributed by atoms with Crippen molar-refractivity contribution in [1.82, 2.24) is 25.2 Å². The summed E-state index contributed by atoms with van der Waals surface area (Å²) in [5, 5.41) is 10.2. The minimum absolute atomic E-state index is 0.264. The van der Waals surface area contributed by atoms with Crippen LogP contribution in [-0.4, -0.2) is 90.6 Å². The zero-order valence-electron chi connectivity index (χ0n) is 31.6. The molecule has 0 aliphatic carbocycles. The van der Waals surface area contributed by atoms with Gasteiger partial charge < -0.3 is 25.2 Å². The summed E-state index contributed by atoms with van der Waals surface area (Å²) in [5.74, 6) is 0.439. The molecule has 3 saturated heterocycles. The Hall–Kier alpha value is -5.82. The van der Waals surface area contributed by atoms with Gasteiger partial charge in [-0.3, -0.25) is 19.8 Å². The van der Waals surface area contributed by atoms with Gasteiger partial charge in [-0.25, -0.2) is 19.3 Å². The molecule has 1 atom stereocenters. The van der Waals surface area contributed by atoms with Gasteiger partial charge in [-0.1, -0.05) is 18.2 Å². The maximum Gasteiger partial charge on any atom is 0.237 e. The third-order valence-electron chi connectivity index (χ3n) is 11.8. The number of hydrogen-bond acceptors (Lipinski definition) is 11. The Bertz CT molecular complexity index is 2270. The number of pyridine rings is 1. The van der Waals surface area contributed by atoms with Crippen LogP contribution < -0.4 is 30.5 Å². The van der Waals surface area contributed by atoms with Crippen LogP contribution in [0.2, 0.25) is 0 Å². The summed E-state index contributed by atoms with van der Waals surface area (Å²) < 4.78 is 21.0. The summed E-state index contributed by atoms with van der Waals surface area (Å²) in [7, 11) is 0. The Kier molecular flexibility index (Phi) is 9.84. The molecule has 0 spiro atoms. The van der Waals surface area contributed by atoms with Gasteiger partial charge in [0, 0.05) is 93.5 Å². The molecule has 2 aromatic heterocycles. The maximum atomic E-state index is 15.2. The molecule has 9 rings (SSSR count). The molecule has 13 heteroatoms. The van der Waals surface area contributed by atoms with Crippen LogP contribution in [0.5, 0.6) is 5.88 Å². The normalized spacial score (nSPS) is 19.3. The van der Waals surface area contributed by atoms with E-state index in [0.717, 1.165) is 104 Å². The van der Waals surface area contributed by atoms with Crippen LogP contribution in [0.4, 0.5) is 33.1 Å². The van der Waals surface area contributed by atoms with Crippen molar-refractivity contribution in [2.45, 2.75) is 38.5 Å². The molecule has 4 aliphatic rings. The van der Waals surface area contributed by atoms with Gasteiger partial charge in [0.15, 0.2) is 0 Å². The highest BCUT2D eigenvalue weighted by Gasteiger charge is 2.30. The third kappa shape index (κ3) is 7.43. The van der Waals surface area contributed by atoms with E-state index in [1.807, 2.05) is 24.5 Å². The van der Waals surface area contributed by atoms with Crippen LogP contribution in [0.15, 0.2) is 73.1 Å². The molecule has 4 aliphatic heterocycles. The second-order valence-electron chi connectivity index (χ2n) is 15.3. The number of amides is 2. The van der Waals surface area contributed by atoms with Crippen LogP contribution in [0.25, 0.3) is 22.0 Å². The molecule has 3 N–H and O–H groups in total. The lowest BCUT2D eigenvalue weighted by Crippen LogP contribution is -2.49. The molecule has 1 unspecified atom stereocenters. The lowest BCUT2D eigenvalue weighted by Gasteiger charge is -2.40. The first-order chi connectivity index (χ1) is 27.3. The summed E-state index contributed by atoms with van der Waals surface area (Å²) in [6.07, 6.45) is 6.69. The molecule has 0 radical (unpaired) electrons. The lowest BCUT2D eigenvalue weighted by molar-refractivity contribution is -0.134. The van der Waals surface area contributed by atoms with E-state index in [2.05, 4.69) is 83.9 Å². The number of hydrogen-bond donors (Lipinski definition) is 3. The smallest absolute Gasteiger partial charge is 0.237 e. The number of aromatic nitrogens is 3. The van der Waals surface area contributed by atoms with Crippen molar-refractivity contribution in [3.05, 3.63) is 90.0 Å². The van der Waals surface area contributed by atoms with Gasteiger partial charge in [0.05, 0.1) is 17.1 Å². The highest BCUT2D eigenvalue weighted by atomic mass is 19.1. The fraction of sp³-hybridized carbons (Fsp3) is 0.372. The Morgan fingerprint density at radius 3 is 2.50 bits per heavy atom. The number of fused-ring (bicyclic) bond motifs is 2. The number of piperidine rings is 2. The molecule has 288 valence electrons. The molecule has 0 bridgehead atoms. The predicted molar refractivity (Wildman–Crippen MR) is 216 cm³/mol. The van der Waals surface area contributed by atoms with Gasteiger partial charge in [0.2, 0.25) is 23.6 Å². The number of nitrogens with zero attached hydrogens (tertiary/aromatic N) is 6. The van der Waals surface area contributed by atoms with E-state index in [0.29, 0.717) is 42.0 Å². The largest absolute Gasteiger partial charge is 0.474 e. The van der Waals surface area contributed by atoms with Gasteiger partial charge in [-0.05, 0) is 91.3 Å². The standard InChI is InChI=1S/C43H46FN9O3/c1-27-35(25-46-42-40(27)45-14-21-56-42)30-2-3-31-24-47-43(49-37(31)23-30)48-32-5-7-33(8-6-32)52-15-12-28(13-16-52)26-51-17-19-53(20-18-51)38-10-4-29(22-36(38)44)34-9-11-39(54)50-41(34)55/h2-8,10,22-25,28,34,45H,9,11-21,26H2,1H3,(H,47,48,49)(H,50,54,55). The average Bonchev–Trinajstić information content (AvgIpc) is 3.22. The molecular formula is C43H46FN9O3. The summed E-state index contributed by atoms with van der Waals surface area (Å²) >= 11 is 0. The van der Waals surface area contributed by atoms with E-state index in [1.54, 1.807) is 6.07 Å². The fourth-order valence-electron chi connectivity index (χ4n) is 8.57. The number of ether oxygens (including phenoxy) is 1. The van der Waals surface area contributed by atoms with Gasteiger partial charge >= 0.3 is 0 Å². The van der Waals surface area contributed by atoms with Crippen molar-refractivity contribution in [2.24, 2.45) is 5.92 Å². The second-order valence-corrected chi connectivity index (χ2v) is 15.3. The number of carbonyl (C=O) groups is 2. The lowest BCUT2D eigenvalue weighted by atomic mass is 9.90. The first-order valence-corrected chi connectivity index (χ1v) is 19.7. The number of benzene rings is 3. The molecule has 56 heavy (non-hydrogen) atoms. The second kappa shape index (κ2) is 15.4. The number of imide groups is 1. The zero-order chi connectivity index (χ0) is 38.2. The number of nitrogens with one attached hydrogen (secondary N) is 3. The van der Waals surface area contributed by atoms with E-state index in [4.69, 9.17) is 9.72 Å². The Balaban J connectivity index is 0.756. The molecule has 3 aromatic carbocycles. The summed E-state index contributed by atoms with van der Waals surface area (Å²) in [6.45, 7) is 9.87. The number of anilines is 5. The summed E-state index contributed by atoms with van der Waals surface area (Å²) in [5.41, 5.74) is 8.36. The highest BCUT2D eigenvalue weighted by molar-refractivity contribution is 6.01.